The predicted molar refractivity (Wildman–Crippen MR) is 74.4 cm³/mol. The van der Waals surface area contributed by atoms with Crippen LogP contribution >= 0.6 is 0 Å². The molecule has 116 valence electrons. The lowest BCUT2D eigenvalue weighted by Crippen LogP contribution is -2.25. The molecule has 1 aromatic heterocycles. The molecule has 3 rings (SSSR count). The van der Waals surface area contributed by atoms with Crippen molar-refractivity contribution in [3.8, 4) is 0 Å². The smallest absolute Gasteiger partial charge is 0.232 e. The molecule has 0 spiro atoms. The average molecular weight is 307 g/mol. The fraction of sp³-hybridized carbons (Fsp3) is 0.400. The van der Waals surface area contributed by atoms with Crippen molar-refractivity contribution in [2.24, 2.45) is 0 Å². The normalized spacial score (nSPS) is 18.2. The molecule has 1 amide bonds. The Kier molecular flexibility index (Phi) is 3.87. The molecule has 1 unspecified atom stereocenters. The van der Waals surface area contributed by atoms with Crippen LogP contribution in [0.2, 0.25) is 0 Å². The Bertz CT molecular complexity index is 702. The maximum absolute atomic E-state index is 13.8. The topological polar surface area (TPSA) is 59.2 Å². The number of hydrogen-bond acceptors (Lipinski definition) is 4. The van der Waals surface area contributed by atoms with E-state index < -0.39 is 11.6 Å². The van der Waals surface area contributed by atoms with Crippen LogP contribution in [0.25, 0.3) is 0 Å². The van der Waals surface area contributed by atoms with Crippen LogP contribution in [0.3, 0.4) is 0 Å². The fourth-order valence-electron chi connectivity index (χ4n) is 2.56. The summed E-state index contributed by atoms with van der Waals surface area (Å²) in [6.45, 7) is 2.20. The standard InChI is InChI=1S/C15H15F2N3O2/c1-2-3-13-18-15(22-19-13)9-6-14(21)20(8-9)12-7-10(16)4-5-11(12)17/h4-5,7,9H,2-3,6,8H2,1H3. The summed E-state index contributed by atoms with van der Waals surface area (Å²) in [6.07, 6.45) is 1.74. The van der Waals surface area contributed by atoms with Gasteiger partial charge in [-0.3, -0.25) is 4.79 Å². The van der Waals surface area contributed by atoms with Crippen molar-refractivity contribution < 1.29 is 18.1 Å². The number of carbonyl (C=O) groups excluding carboxylic acids is 1. The predicted octanol–water partition coefficient (Wildman–Crippen LogP) is 2.82. The first-order valence-electron chi connectivity index (χ1n) is 7.16. The van der Waals surface area contributed by atoms with Crippen LogP contribution in [0, 0.1) is 11.6 Å². The molecule has 5 nitrogen and oxygen atoms in total. The summed E-state index contributed by atoms with van der Waals surface area (Å²) in [5.74, 6) is -0.835. The van der Waals surface area contributed by atoms with Gasteiger partial charge in [0.25, 0.3) is 0 Å². The Balaban J connectivity index is 1.82. The molecule has 7 heteroatoms. The molecule has 1 aliphatic heterocycles. The molecule has 22 heavy (non-hydrogen) atoms. The molecule has 1 saturated heterocycles. The van der Waals surface area contributed by atoms with Crippen LogP contribution in [-0.2, 0) is 11.2 Å². The third kappa shape index (κ3) is 2.70. The molecule has 1 aliphatic rings. The second kappa shape index (κ2) is 5.82. The molecule has 0 saturated carbocycles. The molecule has 1 fully saturated rings. The number of halogens is 2. The van der Waals surface area contributed by atoms with Crippen molar-refractivity contribution in [1.82, 2.24) is 10.1 Å². The quantitative estimate of drug-likeness (QED) is 0.871. The Hall–Kier alpha value is -2.31. The molecule has 0 N–H and O–H groups in total. The van der Waals surface area contributed by atoms with E-state index in [1.165, 1.54) is 4.90 Å². The van der Waals surface area contributed by atoms with Crippen LogP contribution in [-0.4, -0.2) is 22.6 Å². The first-order valence-corrected chi connectivity index (χ1v) is 7.16. The van der Waals surface area contributed by atoms with Gasteiger partial charge in [-0.15, -0.1) is 0 Å². The number of rotatable bonds is 4. The third-order valence-corrected chi connectivity index (χ3v) is 3.63. The molecule has 0 aliphatic carbocycles. The van der Waals surface area contributed by atoms with Gasteiger partial charge in [-0.1, -0.05) is 12.1 Å². The average Bonchev–Trinajstić information content (AvgIpc) is 3.09. The zero-order chi connectivity index (χ0) is 15.7. The number of hydrogen-bond donors (Lipinski definition) is 0. The number of nitrogens with zero attached hydrogens (tertiary/aromatic N) is 3. The highest BCUT2D eigenvalue weighted by Crippen LogP contribution is 2.32. The van der Waals surface area contributed by atoms with Gasteiger partial charge in [0.05, 0.1) is 11.6 Å². The van der Waals surface area contributed by atoms with Crippen LogP contribution in [0.15, 0.2) is 22.7 Å². The number of benzene rings is 1. The minimum atomic E-state index is -0.632. The SMILES string of the molecule is CCCc1noc(C2CC(=O)N(c3cc(F)ccc3F)C2)n1. The Labute approximate surface area is 125 Å². The van der Waals surface area contributed by atoms with Crippen LogP contribution in [0.4, 0.5) is 14.5 Å². The lowest BCUT2D eigenvalue weighted by atomic mass is 10.1. The van der Waals surface area contributed by atoms with Crippen molar-refractivity contribution in [2.45, 2.75) is 32.1 Å². The Morgan fingerprint density at radius 2 is 2.23 bits per heavy atom. The van der Waals surface area contributed by atoms with E-state index in [1.807, 2.05) is 6.92 Å². The highest BCUT2D eigenvalue weighted by Gasteiger charge is 2.36. The Morgan fingerprint density at radius 3 is 3.00 bits per heavy atom. The van der Waals surface area contributed by atoms with Gasteiger partial charge in [0.1, 0.15) is 11.6 Å². The minimum Gasteiger partial charge on any atom is -0.339 e. The number of amides is 1. The van der Waals surface area contributed by atoms with Gasteiger partial charge in [-0.05, 0) is 18.6 Å². The van der Waals surface area contributed by atoms with E-state index in [0.717, 1.165) is 24.6 Å². The maximum Gasteiger partial charge on any atom is 0.232 e. The van der Waals surface area contributed by atoms with Gasteiger partial charge >= 0.3 is 0 Å². The van der Waals surface area contributed by atoms with Crippen molar-refractivity contribution in [3.05, 3.63) is 41.5 Å². The van der Waals surface area contributed by atoms with E-state index in [-0.39, 0.29) is 30.5 Å². The summed E-state index contributed by atoms with van der Waals surface area (Å²) in [4.78, 5) is 17.6. The van der Waals surface area contributed by atoms with E-state index in [2.05, 4.69) is 10.1 Å². The summed E-state index contributed by atoms with van der Waals surface area (Å²) < 4.78 is 32.3. The zero-order valence-electron chi connectivity index (χ0n) is 12.1. The van der Waals surface area contributed by atoms with E-state index in [1.54, 1.807) is 0 Å². The molecular weight excluding hydrogens is 292 g/mol. The van der Waals surface area contributed by atoms with Crippen molar-refractivity contribution in [2.75, 3.05) is 11.4 Å². The fourth-order valence-corrected chi connectivity index (χ4v) is 2.56. The molecule has 1 aromatic carbocycles. The van der Waals surface area contributed by atoms with Gasteiger partial charge < -0.3 is 9.42 Å². The minimum absolute atomic E-state index is 0.0548. The van der Waals surface area contributed by atoms with Crippen molar-refractivity contribution in [3.63, 3.8) is 0 Å². The summed E-state index contributed by atoms with van der Waals surface area (Å²) in [7, 11) is 0. The first-order chi connectivity index (χ1) is 10.6. The summed E-state index contributed by atoms with van der Waals surface area (Å²) >= 11 is 0. The van der Waals surface area contributed by atoms with Crippen molar-refractivity contribution in [1.29, 1.82) is 0 Å². The number of aryl methyl sites for hydroxylation is 1. The Morgan fingerprint density at radius 1 is 1.41 bits per heavy atom. The van der Waals surface area contributed by atoms with Gasteiger partial charge in [0, 0.05) is 25.5 Å². The molecule has 0 bridgehead atoms. The van der Waals surface area contributed by atoms with E-state index in [9.17, 15) is 13.6 Å². The van der Waals surface area contributed by atoms with Crippen LogP contribution < -0.4 is 4.90 Å². The highest BCUT2D eigenvalue weighted by atomic mass is 19.1. The second-order valence-corrected chi connectivity index (χ2v) is 5.30. The summed E-state index contributed by atoms with van der Waals surface area (Å²) in [5.41, 5.74) is -0.0548. The molecule has 1 atom stereocenters. The number of carbonyl (C=O) groups is 1. The van der Waals surface area contributed by atoms with Gasteiger partial charge in [0.15, 0.2) is 5.82 Å². The number of anilines is 1. The molecule has 0 radical (unpaired) electrons. The molecular formula is C15H15F2N3O2. The van der Waals surface area contributed by atoms with Gasteiger partial charge in [-0.25, -0.2) is 8.78 Å². The molecule has 2 aromatic rings. The molecule has 2 heterocycles. The summed E-state index contributed by atoms with van der Waals surface area (Å²) in [5, 5.41) is 3.85. The third-order valence-electron chi connectivity index (χ3n) is 3.63. The largest absolute Gasteiger partial charge is 0.339 e. The van der Waals surface area contributed by atoms with Crippen LogP contribution in [0.1, 0.15) is 37.4 Å². The van der Waals surface area contributed by atoms with Crippen molar-refractivity contribution >= 4 is 11.6 Å². The van der Waals surface area contributed by atoms with E-state index in [0.29, 0.717) is 18.1 Å². The maximum atomic E-state index is 13.8. The highest BCUT2D eigenvalue weighted by molar-refractivity contribution is 5.96. The zero-order valence-corrected chi connectivity index (χ0v) is 12.1. The number of aromatic nitrogens is 2. The second-order valence-electron chi connectivity index (χ2n) is 5.30. The van der Waals surface area contributed by atoms with E-state index >= 15 is 0 Å². The van der Waals surface area contributed by atoms with Gasteiger partial charge in [-0.2, -0.15) is 4.98 Å². The van der Waals surface area contributed by atoms with Gasteiger partial charge in [0.2, 0.25) is 11.8 Å². The van der Waals surface area contributed by atoms with E-state index in [4.69, 9.17) is 4.52 Å². The summed E-state index contributed by atoms with van der Waals surface area (Å²) in [6, 6.07) is 3.05. The monoisotopic (exact) mass is 307 g/mol. The lowest BCUT2D eigenvalue weighted by Gasteiger charge is -2.16. The van der Waals surface area contributed by atoms with Crippen LogP contribution in [0.5, 0.6) is 0 Å². The lowest BCUT2D eigenvalue weighted by molar-refractivity contribution is -0.117. The first kappa shape index (κ1) is 14.6.